The zero-order valence-corrected chi connectivity index (χ0v) is 12.8. The Hall–Kier alpha value is 3.12. The molecule has 0 aromatic rings. The van der Waals surface area contributed by atoms with Crippen LogP contribution < -0.4 is 0 Å². The van der Waals surface area contributed by atoms with Crippen molar-refractivity contribution in [3.63, 3.8) is 0 Å². The van der Waals surface area contributed by atoms with Crippen molar-refractivity contribution in [1.29, 1.82) is 0 Å². The van der Waals surface area contributed by atoms with Gasteiger partial charge in [0.1, 0.15) is 0 Å². The molecule has 0 heterocycles. The molecule has 0 bridgehead atoms. The Morgan fingerprint density at radius 2 is 0.778 bits per heavy atom. The van der Waals surface area contributed by atoms with E-state index in [1.807, 2.05) is 0 Å². The Balaban J connectivity index is -0.0000000771. The molecule has 0 amide bonds. The van der Waals surface area contributed by atoms with E-state index in [4.69, 9.17) is 19.2 Å². The third-order valence-corrected chi connectivity index (χ3v) is 0. The number of rotatable bonds is 0. The number of hydrogen-bond acceptors (Lipinski definition) is 4. The molecular formula is H4Al2Na2O4Si. The van der Waals surface area contributed by atoms with Gasteiger partial charge in [-0.25, -0.2) is 0 Å². The summed E-state index contributed by atoms with van der Waals surface area (Å²) >= 11 is 7.56. The zero-order valence-electron chi connectivity index (χ0n) is 5.44. The van der Waals surface area contributed by atoms with Crippen molar-refractivity contribution >= 4 is 83.2 Å². The van der Waals surface area contributed by atoms with Gasteiger partial charge in [-0.2, -0.15) is 0 Å². The van der Waals surface area contributed by atoms with Gasteiger partial charge in [0.15, 0.2) is 0 Å². The van der Waals surface area contributed by atoms with Crippen LogP contribution in [-0.4, -0.2) is 102 Å². The first-order valence-corrected chi connectivity index (χ1v) is 13.1. The van der Waals surface area contributed by atoms with Gasteiger partial charge in [0.2, 0.25) is 0 Å². The molecule has 0 aromatic carbocycles. The Labute approximate surface area is 100 Å². The van der Waals surface area contributed by atoms with Gasteiger partial charge in [0, 0.05) is 0 Å². The molecule has 0 aliphatic carbocycles. The van der Waals surface area contributed by atoms with Gasteiger partial charge in [0.05, 0.1) is 0 Å². The number of hydrogen-bond donors (Lipinski definition) is 4. The van der Waals surface area contributed by atoms with E-state index in [-0.39, 0.29) is 0 Å². The first-order valence-electron chi connectivity index (χ1n) is 2.05. The first kappa shape index (κ1) is 18.0. The van der Waals surface area contributed by atoms with Gasteiger partial charge in [-0.1, -0.05) is 0 Å². The average molecular weight is 196 g/mol. The van der Waals surface area contributed by atoms with Crippen molar-refractivity contribution in [3.8, 4) is 0 Å². The molecule has 40 valence electrons. The van der Waals surface area contributed by atoms with Crippen LogP contribution in [0.4, 0.5) is 0 Å². The van der Waals surface area contributed by atoms with E-state index in [0.717, 1.165) is 0 Å². The zero-order chi connectivity index (χ0) is 8.50. The average Bonchev–Trinajstić information content (AvgIpc) is 1.72. The minimum absolute atomic E-state index is 1.22. The summed E-state index contributed by atoms with van der Waals surface area (Å²) in [5.41, 5.74) is 0. The van der Waals surface area contributed by atoms with Gasteiger partial charge < -0.3 is 19.2 Å². The van der Waals surface area contributed by atoms with Crippen LogP contribution in [0.25, 0.3) is 0 Å². The molecule has 0 saturated carbocycles. The molecule has 4 radical (unpaired) electrons. The van der Waals surface area contributed by atoms with Gasteiger partial charge in [0.25, 0.3) is 0 Å². The van der Waals surface area contributed by atoms with E-state index in [1.165, 1.54) is 50.6 Å². The van der Waals surface area contributed by atoms with Crippen molar-refractivity contribution in [1.82, 2.24) is 0 Å². The summed E-state index contributed by atoms with van der Waals surface area (Å²) in [4.78, 5) is 29.3. The molecule has 0 unspecified atom stereocenters. The minimum atomic E-state index is -4.61. The normalized spacial score (nSPS) is 8.00. The SMILES string of the molecule is O[Si](O)(O)O.[Na][Al].[Na][Al]. The molecule has 9 heavy (non-hydrogen) atoms. The summed E-state index contributed by atoms with van der Waals surface area (Å²) in [6, 6.07) is 0. The Kier molecular flexibility index (Phi) is 27.4. The maximum atomic E-state index is 7.33. The third kappa shape index (κ3) is 95.0. The Morgan fingerprint density at radius 1 is 0.778 bits per heavy atom. The van der Waals surface area contributed by atoms with Crippen LogP contribution in [0.5, 0.6) is 0 Å². The van der Waals surface area contributed by atoms with Crippen LogP contribution in [0.1, 0.15) is 0 Å². The molecule has 0 aromatic heterocycles. The van der Waals surface area contributed by atoms with E-state index >= 15 is 0 Å². The van der Waals surface area contributed by atoms with Crippen LogP contribution in [0.3, 0.4) is 0 Å². The fourth-order valence-electron chi connectivity index (χ4n) is 0. The summed E-state index contributed by atoms with van der Waals surface area (Å²) in [5, 5.41) is 0. The van der Waals surface area contributed by atoms with Crippen molar-refractivity contribution < 1.29 is 19.2 Å². The van der Waals surface area contributed by atoms with Crippen LogP contribution in [0, 0.1) is 0 Å². The molecule has 0 spiro atoms. The topological polar surface area (TPSA) is 80.9 Å². The molecule has 0 rings (SSSR count). The second-order valence-electron chi connectivity index (χ2n) is 0.600. The molecule has 4 nitrogen and oxygen atoms in total. The van der Waals surface area contributed by atoms with E-state index in [2.05, 4.69) is 23.6 Å². The molecule has 0 atom stereocenters. The molecule has 0 fully saturated rings. The predicted molar refractivity (Wildman–Crippen MR) is 37.6 cm³/mol. The summed E-state index contributed by atoms with van der Waals surface area (Å²) in [6.07, 6.45) is 0. The van der Waals surface area contributed by atoms with E-state index < -0.39 is 9.05 Å². The monoisotopic (exact) mass is 196 g/mol. The molecule has 0 aliphatic rings. The fraction of sp³-hybridized carbons (Fsp3) is 0. The second-order valence-corrected chi connectivity index (χ2v) is 1.80. The second kappa shape index (κ2) is 13.7. The molecular weight excluding hydrogens is 192 g/mol. The Morgan fingerprint density at radius 3 is 0.778 bits per heavy atom. The standard InChI is InChI=1S/2Al.2Na.H4O4Si/c;;;;1-5(2,3)4/h;;;;1-4H. The molecule has 9 heteroatoms. The maximum absolute atomic E-state index is 7.33. The van der Waals surface area contributed by atoms with Crippen LogP contribution in [-0.2, 0) is 0 Å². The van der Waals surface area contributed by atoms with Gasteiger partial charge >= 0.3 is 83.2 Å². The van der Waals surface area contributed by atoms with Crippen molar-refractivity contribution in [2.45, 2.75) is 0 Å². The molecule has 0 saturated heterocycles. The van der Waals surface area contributed by atoms with Crippen LogP contribution in [0.15, 0.2) is 0 Å². The van der Waals surface area contributed by atoms with Crippen LogP contribution >= 0.6 is 0 Å². The quantitative estimate of drug-likeness (QED) is 0.297. The van der Waals surface area contributed by atoms with Gasteiger partial charge in [-0.3, -0.25) is 0 Å². The summed E-state index contributed by atoms with van der Waals surface area (Å²) < 4.78 is 0. The summed E-state index contributed by atoms with van der Waals surface area (Å²) in [5.74, 6) is 0. The van der Waals surface area contributed by atoms with Crippen molar-refractivity contribution in [2.24, 2.45) is 0 Å². The van der Waals surface area contributed by atoms with Gasteiger partial charge in [-0.15, -0.1) is 0 Å². The Bertz CT molecular complexity index is 32.0. The third-order valence-electron chi connectivity index (χ3n) is 0. The fourth-order valence-corrected chi connectivity index (χ4v) is 0. The van der Waals surface area contributed by atoms with Crippen molar-refractivity contribution in [2.75, 3.05) is 0 Å². The predicted octanol–water partition coefficient (Wildman–Crippen LogP) is -4.13. The molecule has 4 N–H and O–H groups in total. The van der Waals surface area contributed by atoms with Gasteiger partial charge in [-0.05, 0) is 0 Å². The van der Waals surface area contributed by atoms with E-state index in [1.54, 1.807) is 0 Å². The molecule has 0 aliphatic heterocycles. The summed E-state index contributed by atoms with van der Waals surface area (Å²) in [7, 11) is -4.61. The van der Waals surface area contributed by atoms with Crippen LogP contribution in [0.2, 0.25) is 0 Å². The summed E-state index contributed by atoms with van der Waals surface area (Å²) in [6.45, 7) is 0. The van der Waals surface area contributed by atoms with Crippen molar-refractivity contribution in [3.05, 3.63) is 0 Å². The van der Waals surface area contributed by atoms with E-state index in [0.29, 0.717) is 0 Å². The first-order chi connectivity index (χ1) is 4.00. The van der Waals surface area contributed by atoms with E-state index in [9.17, 15) is 0 Å².